The molecule has 6 heteroatoms. The van der Waals surface area contributed by atoms with Gasteiger partial charge in [0.25, 0.3) is 5.91 Å². The monoisotopic (exact) mass is 331 g/mol. The average molecular weight is 331 g/mol. The second-order valence-electron chi connectivity index (χ2n) is 5.09. The maximum Gasteiger partial charge on any atom is 0.310 e. The average Bonchev–Trinajstić information content (AvgIpc) is 2.59. The Balaban J connectivity index is 1.72. The third kappa shape index (κ3) is 5.72. The van der Waals surface area contributed by atoms with Gasteiger partial charge in [-0.05, 0) is 35.4 Å². The van der Waals surface area contributed by atoms with Crippen LogP contribution in [-0.2, 0) is 27.3 Å². The van der Waals surface area contributed by atoms with E-state index in [0.717, 1.165) is 11.1 Å². The van der Waals surface area contributed by atoms with Crippen LogP contribution >= 0.6 is 0 Å². The quantitative estimate of drug-likeness (QED) is 0.790. The van der Waals surface area contributed by atoms with E-state index in [1.807, 2.05) is 0 Å². The lowest BCUT2D eigenvalue weighted by molar-refractivity contribution is -0.147. The lowest BCUT2D eigenvalue weighted by atomic mass is 10.1. The third-order valence-electron chi connectivity index (χ3n) is 3.25. The number of ether oxygens (including phenoxy) is 2. The summed E-state index contributed by atoms with van der Waals surface area (Å²) in [6, 6.07) is 12.8. The molecule has 0 heterocycles. The molecule has 0 spiro atoms. The Hall–Kier alpha value is -2.89. The first-order valence-electron chi connectivity index (χ1n) is 7.36. The summed E-state index contributed by atoms with van der Waals surface area (Å²) in [4.78, 5) is 23.4. The van der Waals surface area contributed by atoms with Gasteiger partial charge in [-0.2, -0.15) is 0 Å². The van der Waals surface area contributed by atoms with Crippen molar-refractivity contribution < 1.29 is 23.5 Å². The van der Waals surface area contributed by atoms with Crippen LogP contribution in [-0.4, -0.2) is 25.6 Å². The highest BCUT2D eigenvalue weighted by atomic mass is 19.1. The number of amides is 1. The van der Waals surface area contributed by atoms with Crippen molar-refractivity contribution in [1.82, 2.24) is 5.32 Å². The summed E-state index contributed by atoms with van der Waals surface area (Å²) in [5, 5.41) is 2.60. The second-order valence-corrected chi connectivity index (χ2v) is 5.09. The van der Waals surface area contributed by atoms with Crippen LogP contribution in [0.4, 0.5) is 4.39 Å². The first kappa shape index (κ1) is 17.5. The second kappa shape index (κ2) is 8.67. The number of hydrogen-bond donors (Lipinski definition) is 1. The standard InChI is InChI=1S/C18H18FNO4/c1-23-16-4-2-3-14(9-16)10-18(22)24-12-17(21)20-11-13-5-7-15(19)8-6-13/h2-9H,10-12H2,1H3,(H,20,21). The molecule has 2 aromatic carbocycles. The van der Waals surface area contributed by atoms with Crippen LogP contribution in [0, 0.1) is 5.82 Å². The van der Waals surface area contributed by atoms with Gasteiger partial charge in [-0.15, -0.1) is 0 Å². The number of methoxy groups -OCH3 is 1. The van der Waals surface area contributed by atoms with Crippen LogP contribution in [0.5, 0.6) is 5.75 Å². The smallest absolute Gasteiger partial charge is 0.310 e. The minimum Gasteiger partial charge on any atom is -0.497 e. The predicted octanol–water partition coefficient (Wildman–Crippen LogP) is 2.24. The first-order valence-corrected chi connectivity index (χ1v) is 7.36. The minimum absolute atomic E-state index is 0.0580. The highest BCUT2D eigenvalue weighted by Gasteiger charge is 2.09. The lowest BCUT2D eigenvalue weighted by Gasteiger charge is -2.07. The number of esters is 1. The van der Waals surface area contributed by atoms with E-state index < -0.39 is 11.9 Å². The predicted molar refractivity (Wildman–Crippen MR) is 85.9 cm³/mol. The fourth-order valence-corrected chi connectivity index (χ4v) is 2.00. The van der Waals surface area contributed by atoms with Gasteiger partial charge < -0.3 is 14.8 Å². The van der Waals surface area contributed by atoms with Gasteiger partial charge in [0.05, 0.1) is 13.5 Å². The van der Waals surface area contributed by atoms with Crippen molar-refractivity contribution in [1.29, 1.82) is 0 Å². The molecule has 1 amide bonds. The molecule has 5 nitrogen and oxygen atoms in total. The number of benzene rings is 2. The van der Waals surface area contributed by atoms with Crippen molar-refractivity contribution in [2.45, 2.75) is 13.0 Å². The van der Waals surface area contributed by atoms with E-state index in [1.165, 1.54) is 12.1 Å². The largest absolute Gasteiger partial charge is 0.497 e. The topological polar surface area (TPSA) is 64.6 Å². The van der Waals surface area contributed by atoms with Crippen LogP contribution in [0.3, 0.4) is 0 Å². The molecule has 0 aliphatic rings. The summed E-state index contributed by atoms with van der Waals surface area (Å²) in [6.45, 7) is -0.115. The number of nitrogens with one attached hydrogen (secondary N) is 1. The molecule has 24 heavy (non-hydrogen) atoms. The van der Waals surface area contributed by atoms with Crippen LogP contribution in [0.15, 0.2) is 48.5 Å². The zero-order chi connectivity index (χ0) is 17.4. The van der Waals surface area contributed by atoms with Gasteiger partial charge >= 0.3 is 5.97 Å². The van der Waals surface area contributed by atoms with Gasteiger partial charge in [0.2, 0.25) is 0 Å². The molecule has 0 aliphatic heterocycles. The van der Waals surface area contributed by atoms with Gasteiger partial charge in [-0.3, -0.25) is 9.59 Å². The number of rotatable bonds is 7. The van der Waals surface area contributed by atoms with Crippen LogP contribution in [0.25, 0.3) is 0 Å². The number of carbonyl (C=O) groups excluding carboxylic acids is 2. The van der Waals surface area contributed by atoms with Crippen LogP contribution in [0.2, 0.25) is 0 Å². The molecule has 0 aliphatic carbocycles. The van der Waals surface area contributed by atoms with Crippen LogP contribution in [0.1, 0.15) is 11.1 Å². The Kier molecular flexibility index (Phi) is 6.31. The molecule has 0 unspecified atom stereocenters. The summed E-state index contributed by atoms with van der Waals surface area (Å²) < 4.78 is 22.8. The number of hydrogen-bond acceptors (Lipinski definition) is 4. The van der Waals surface area contributed by atoms with Crippen molar-refractivity contribution in [3.8, 4) is 5.75 Å². The summed E-state index contributed by atoms with van der Waals surface area (Å²) >= 11 is 0. The summed E-state index contributed by atoms with van der Waals surface area (Å²) in [5.41, 5.74) is 1.50. The summed E-state index contributed by atoms with van der Waals surface area (Å²) in [5.74, 6) is -0.604. The Morgan fingerprint density at radius 2 is 1.83 bits per heavy atom. The molecule has 1 N–H and O–H groups in total. The molecule has 0 atom stereocenters. The Labute approximate surface area is 139 Å². The fourth-order valence-electron chi connectivity index (χ4n) is 2.00. The highest BCUT2D eigenvalue weighted by molar-refractivity contribution is 5.81. The molecule has 0 radical (unpaired) electrons. The van der Waals surface area contributed by atoms with E-state index in [-0.39, 0.29) is 25.4 Å². The van der Waals surface area contributed by atoms with Gasteiger partial charge in [-0.1, -0.05) is 24.3 Å². The van der Waals surface area contributed by atoms with E-state index in [4.69, 9.17) is 9.47 Å². The maximum atomic E-state index is 12.8. The first-order chi connectivity index (χ1) is 11.6. The molecular weight excluding hydrogens is 313 g/mol. The molecular formula is C18H18FNO4. The van der Waals surface area contributed by atoms with Gasteiger partial charge in [0, 0.05) is 6.54 Å². The molecule has 0 bridgehead atoms. The fraction of sp³-hybridized carbons (Fsp3) is 0.222. The molecule has 2 rings (SSSR count). The molecule has 126 valence electrons. The van der Waals surface area contributed by atoms with Crippen molar-refractivity contribution in [2.75, 3.05) is 13.7 Å². The highest BCUT2D eigenvalue weighted by Crippen LogP contribution is 2.13. The van der Waals surface area contributed by atoms with E-state index in [0.29, 0.717) is 5.75 Å². The van der Waals surface area contributed by atoms with Gasteiger partial charge in [-0.25, -0.2) is 4.39 Å². The molecule has 2 aromatic rings. The van der Waals surface area contributed by atoms with Crippen LogP contribution < -0.4 is 10.1 Å². The summed E-state index contributed by atoms with van der Waals surface area (Å²) in [6.07, 6.45) is 0.0580. The summed E-state index contributed by atoms with van der Waals surface area (Å²) in [7, 11) is 1.54. The van der Waals surface area contributed by atoms with Crippen molar-refractivity contribution in [2.24, 2.45) is 0 Å². The van der Waals surface area contributed by atoms with E-state index in [2.05, 4.69) is 5.32 Å². The van der Waals surface area contributed by atoms with Gasteiger partial charge in [0.1, 0.15) is 11.6 Å². The van der Waals surface area contributed by atoms with Gasteiger partial charge in [0.15, 0.2) is 6.61 Å². The van der Waals surface area contributed by atoms with E-state index >= 15 is 0 Å². The lowest BCUT2D eigenvalue weighted by Crippen LogP contribution is -2.28. The Bertz CT molecular complexity index is 700. The normalized spacial score (nSPS) is 10.1. The zero-order valence-electron chi connectivity index (χ0n) is 13.3. The third-order valence-corrected chi connectivity index (χ3v) is 3.25. The molecule has 0 fully saturated rings. The maximum absolute atomic E-state index is 12.8. The number of halogens is 1. The van der Waals surface area contributed by atoms with Crippen molar-refractivity contribution >= 4 is 11.9 Å². The van der Waals surface area contributed by atoms with E-state index in [1.54, 1.807) is 43.5 Å². The molecule has 0 saturated heterocycles. The van der Waals surface area contributed by atoms with E-state index in [9.17, 15) is 14.0 Å². The number of carbonyl (C=O) groups is 2. The van der Waals surface area contributed by atoms with Crippen molar-refractivity contribution in [3.05, 3.63) is 65.5 Å². The zero-order valence-corrected chi connectivity index (χ0v) is 13.3. The SMILES string of the molecule is COc1cccc(CC(=O)OCC(=O)NCc2ccc(F)cc2)c1. The Morgan fingerprint density at radius 3 is 2.54 bits per heavy atom. The van der Waals surface area contributed by atoms with Crippen molar-refractivity contribution in [3.63, 3.8) is 0 Å². The molecule has 0 aromatic heterocycles. The minimum atomic E-state index is -0.500. The molecule has 0 saturated carbocycles. The Morgan fingerprint density at radius 1 is 1.08 bits per heavy atom.